The van der Waals surface area contributed by atoms with Crippen molar-refractivity contribution in [2.75, 3.05) is 0 Å². The molecule has 0 radical (unpaired) electrons. The number of aryl methyl sites for hydroxylation is 1. The largest absolute Gasteiger partial charge is 0.469 e. The van der Waals surface area contributed by atoms with E-state index >= 15 is 0 Å². The van der Waals surface area contributed by atoms with Crippen LogP contribution < -0.4 is 5.73 Å². The van der Waals surface area contributed by atoms with Crippen LogP contribution in [0, 0.1) is 6.92 Å². The van der Waals surface area contributed by atoms with Crippen molar-refractivity contribution in [1.82, 2.24) is 0 Å². The highest BCUT2D eigenvalue weighted by molar-refractivity contribution is 9.11. The molecular weight excluding hydrogens is 274 g/mol. The lowest BCUT2D eigenvalue weighted by atomic mass is 10.1. The van der Waals surface area contributed by atoms with E-state index < -0.39 is 0 Å². The van der Waals surface area contributed by atoms with E-state index in [1.807, 2.05) is 13.0 Å². The highest BCUT2D eigenvalue weighted by Gasteiger charge is 2.12. The SMILES string of the molecule is Cc1occc1C(N)Cc1ccc(Br)s1. The second kappa shape index (κ2) is 4.51. The Labute approximate surface area is 101 Å². The lowest BCUT2D eigenvalue weighted by molar-refractivity contribution is 0.524. The van der Waals surface area contributed by atoms with E-state index in [1.54, 1.807) is 17.6 Å². The first-order valence-electron chi connectivity index (χ1n) is 4.70. The van der Waals surface area contributed by atoms with Crippen molar-refractivity contribution in [1.29, 1.82) is 0 Å². The first-order valence-corrected chi connectivity index (χ1v) is 6.31. The van der Waals surface area contributed by atoms with E-state index in [1.165, 1.54) is 4.88 Å². The summed E-state index contributed by atoms with van der Waals surface area (Å²) in [4.78, 5) is 1.29. The summed E-state index contributed by atoms with van der Waals surface area (Å²) < 4.78 is 6.39. The average Bonchev–Trinajstić information content (AvgIpc) is 2.75. The summed E-state index contributed by atoms with van der Waals surface area (Å²) in [5.74, 6) is 0.915. The summed E-state index contributed by atoms with van der Waals surface area (Å²) in [7, 11) is 0. The predicted octanol–water partition coefficient (Wildman–Crippen LogP) is 3.65. The third-order valence-electron chi connectivity index (χ3n) is 2.35. The van der Waals surface area contributed by atoms with E-state index in [9.17, 15) is 0 Å². The summed E-state index contributed by atoms with van der Waals surface area (Å²) in [6.45, 7) is 1.94. The second-order valence-corrected chi connectivity index (χ2v) is 6.00. The summed E-state index contributed by atoms with van der Waals surface area (Å²) in [6, 6.07) is 6.12. The average molecular weight is 286 g/mol. The first kappa shape index (κ1) is 10.9. The Morgan fingerprint density at radius 2 is 2.27 bits per heavy atom. The molecule has 2 N–H and O–H groups in total. The third kappa shape index (κ3) is 2.51. The molecule has 15 heavy (non-hydrogen) atoms. The maximum atomic E-state index is 6.11. The Hall–Kier alpha value is -0.580. The van der Waals surface area contributed by atoms with Gasteiger partial charge < -0.3 is 10.2 Å². The van der Waals surface area contributed by atoms with Crippen LogP contribution in [0.1, 0.15) is 22.2 Å². The summed E-state index contributed by atoms with van der Waals surface area (Å²) in [5, 5.41) is 0. The number of nitrogens with two attached hydrogens (primary N) is 1. The Balaban J connectivity index is 2.10. The Morgan fingerprint density at radius 3 is 2.80 bits per heavy atom. The van der Waals surface area contributed by atoms with Crippen molar-refractivity contribution < 1.29 is 4.42 Å². The van der Waals surface area contributed by atoms with E-state index in [2.05, 4.69) is 28.1 Å². The number of hydrogen-bond acceptors (Lipinski definition) is 3. The molecule has 2 nitrogen and oxygen atoms in total. The maximum absolute atomic E-state index is 6.11. The lowest BCUT2D eigenvalue weighted by Crippen LogP contribution is -2.12. The molecule has 1 unspecified atom stereocenters. The molecule has 0 spiro atoms. The van der Waals surface area contributed by atoms with Crippen LogP contribution in [-0.2, 0) is 6.42 Å². The van der Waals surface area contributed by atoms with E-state index in [4.69, 9.17) is 10.2 Å². The van der Waals surface area contributed by atoms with Crippen LogP contribution in [-0.4, -0.2) is 0 Å². The van der Waals surface area contributed by atoms with Gasteiger partial charge in [-0.05, 0) is 41.1 Å². The summed E-state index contributed by atoms with van der Waals surface area (Å²) in [5.41, 5.74) is 7.21. The zero-order valence-electron chi connectivity index (χ0n) is 8.37. The van der Waals surface area contributed by atoms with Crippen LogP contribution in [0.25, 0.3) is 0 Å². The molecule has 2 rings (SSSR count). The van der Waals surface area contributed by atoms with Crippen LogP contribution in [0.15, 0.2) is 32.7 Å². The van der Waals surface area contributed by atoms with Gasteiger partial charge in [-0.25, -0.2) is 0 Å². The molecule has 0 saturated heterocycles. The third-order valence-corrected chi connectivity index (χ3v) is 3.99. The number of thiophene rings is 1. The van der Waals surface area contributed by atoms with Gasteiger partial charge in [-0.2, -0.15) is 0 Å². The zero-order chi connectivity index (χ0) is 10.8. The molecular formula is C11H12BrNOS. The van der Waals surface area contributed by atoms with Gasteiger partial charge in [0.15, 0.2) is 0 Å². The quantitative estimate of drug-likeness (QED) is 0.935. The van der Waals surface area contributed by atoms with Crippen LogP contribution >= 0.6 is 27.3 Å². The van der Waals surface area contributed by atoms with Gasteiger partial charge in [0, 0.05) is 22.9 Å². The molecule has 0 saturated carbocycles. The van der Waals surface area contributed by atoms with Gasteiger partial charge in [-0.3, -0.25) is 0 Å². The minimum absolute atomic E-state index is 0.0225. The van der Waals surface area contributed by atoms with Gasteiger partial charge in [-0.1, -0.05) is 0 Å². The predicted molar refractivity (Wildman–Crippen MR) is 66.1 cm³/mol. The van der Waals surface area contributed by atoms with Gasteiger partial charge in [0.05, 0.1) is 10.0 Å². The number of hydrogen-bond donors (Lipinski definition) is 1. The fourth-order valence-electron chi connectivity index (χ4n) is 1.57. The minimum atomic E-state index is 0.0225. The molecule has 0 bridgehead atoms. The van der Waals surface area contributed by atoms with Crippen LogP contribution in [0.4, 0.5) is 0 Å². The summed E-state index contributed by atoms with van der Waals surface area (Å²) >= 11 is 5.17. The van der Waals surface area contributed by atoms with Crippen molar-refractivity contribution in [3.63, 3.8) is 0 Å². The van der Waals surface area contributed by atoms with Gasteiger partial charge in [0.2, 0.25) is 0 Å². The fourth-order valence-corrected chi connectivity index (χ4v) is 3.11. The van der Waals surface area contributed by atoms with Crippen LogP contribution in [0.3, 0.4) is 0 Å². The van der Waals surface area contributed by atoms with Crippen molar-refractivity contribution in [3.05, 3.63) is 44.4 Å². The van der Waals surface area contributed by atoms with Crippen molar-refractivity contribution in [2.24, 2.45) is 5.73 Å². The first-order chi connectivity index (χ1) is 7.16. The highest BCUT2D eigenvalue weighted by atomic mass is 79.9. The molecule has 0 aliphatic carbocycles. The molecule has 0 fully saturated rings. The van der Waals surface area contributed by atoms with Crippen molar-refractivity contribution in [3.8, 4) is 0 Å². The second-order valence-electron chi connectivity index (χ2n) is 3.45. The molecule has 4 heteroatoms. The molecule has 0 aliphatic heterocycles. The fraction of sp³-hybridized carbons (Fsp3) is 0.273. The Kier molecular flexibility index (Phi) is 3.29. The Bertz CT molecular complexity index is 449. The molecule has 2 aromatic heterocycles. The van der Waals surface area contributed by atoms with Gasteiger partial charge in [-0.15, -0.1) is 11.3 Å². The normalized spacial score (nSPS) is 13.0. The van der Waals surface area contributed by atoms with Gasteiger partial charge >= 0.3 is 0 Å². The van der Waals surface area contributed by atoms with Crippen LogP contribution in [0.5, 0.6) is 0 Å². The standard InChI is InChI=1S/C11H12BrNOS/c1-7-9(4-5-14-7)10(13)6-8-2-3-11(12)15-8/h2-5,10H,6,13H2,1H3. The topological polar surface area (TPSA) is 39.2 Å². The monoisotopic (exact) mass is 285 g/mol. The molecule has 0 aliphatic rings. The smallest absolute Gasteiger partial charge is 0.105 e. The van der Waals surface area contributed by atoms with E-state index in [-0.39, 0.29) is 6.04 Å². The maximum Gasteiger partial charge on any atom is 0.105 e. The molecule has 2 aromatic rings. The Morgan fingerprint density at radius 1 is 1.47 bits per heavy atom. The number of rotatable bonds is 3. The van der Waals surface area contributed by atoms with Crippen LogP contribution in [0.2, 0.25) is 0 Å². The molecule has 80 valence electrons. The van der Waals surface area contributed by atoms with E-state index in [0.29, 0.717) is 0 Å². The van der Waals surface area contributed by atoms with Gasteiger partial charge in [0.25, 0.3) is 0 Å². The number of halogens is 1. The van der Waals surface area contributed by atoms with E-state index in [0.717, 1.165) is 21.5 Å². The molecule has 0 amide bonds. The zero-order valence-corrected chi connectivity index (χ0v) is 10.8. The molecule has 1 atom stereocenters. The number of furan rings is 1. The van der Waals surface area contributed by atoms with Gasteiger partial charge in [0.1, 0.15) is 5.76 Å². The molecule has 0 aromatic carbocycles. The minimum Gasteiger partial charge on any atom is -0.469 e. The summed E-state index contributed by atoms with van der Waals surface area (Å²) in [6.07, 6.45) is 2.55. The molecule has 2 heterocycles. The van der Waals surface area contributed by atoms with Crippen molar-refractivity contribution in [2.45, 2.75) is 19.4 Å². The van der Waals surface area contributed by atoms with Crippen molar-refractivity contribution >= 4 is 27.3 Å². The lowest BCUT2D eigenvalue weighted by Gasteiger charge is -2.08. The highest BCUT2D eigenvalue weighted by Crippen LogP contribution is 2.27.